The molecule has 0 aromatic heterocycles. The van der Waals surface area contributed by atoms with Gasteiger partial charge in [0, 0.05) is 6.04 Å². The summed E-state index contributed by atoms with van der Waals surface area (Å²) in [6, 6.07) is 2.84. The van der Waals surface area contributed by atoms with E-state index in [-0.39, 0.29) is 6.09 Å². The van der Waals surface area contributed by atoms with Crippen molar-refractivity contribution in [1.29, 1.82) is 0 Å². The van der Waals surface area contributed by atoms with Crippen LogP contribution in [0.25, 0.3) is 0 Å². The Balaban J connectivity index is 1.98. The summed E-state index contributed by atoms with van der Waals surface area (Å²) in [6.07, 6.45) is 6.50. The second-order valence-corrected chi connectivity index (χ2v) is 3.48. The van der Waals surface area contributed by atoms with Crippen LogP contribution in [-0.2, 0) is 4.74 Å². The van der Waals surface area contributed by atoms with Gasteiger partial charge in [-0.25, -0.2) is 9.69 Å². The molecular weight excluding hydrogens is 178 g/mol. The Morgan fingerprint density at radius 2 is 2.36 bits per heavy atom. The molecular formula is C11H13NO2. The van der Waals surface area contributed by atoms with Crippen LogP contribution in [0.2, 0.25) is 0 Å². The quantitative estimate of drug-likeness (QED) is 0.547. The van der Waals surface area contributed by atoms with Crippen LogP contribution in [0.4, 0.5) is 4.79 Å². The molecule has 1 aliphatic heterocycles. The lowest BCUT2D eigenvalue weighted by atomic mass is 10.0. The summed E-state index contributed by atoms with van der Waals surface area (Å²) < 4.78 is 4.77. The maximum absolute atomic E-state index is 11.0. The fourth-order valence-electron chi connectivity index (χ4n) is 1.59. The Kier molecular flexibility index (Phi) is 2.73. The van der Waals surface area contributed by atoms with Gasteiger partial charge in [-0.05, 0) is 37.2 Å². The van der Waals surface area contributed by atoms with Crippen molar-refractivity contribution in [2.75, 3.05) is 13.2 Å². The van der Waals surface area contributed by atoms with Gasteiger partial charge in [0.1, 0.15) is 6.61 Å². The van der Waals surface area contributed by atoms with E-state index in [4.69, 9.17) is 4.74 Å². The van der Waals surface area contributed by atoms with E-state index in [9.17, 15) is 4.79 Å². The lowest BCUT2D eigenvalue weighted by Crippen LogP contribution is -2.17. The van der Waals surface area contributed by atoms with E-state index in [1.807, 2.05) is 0 Å². The summed E-state index contributed by atoms with van der Waals surface area (Å²) in [5.74, 6) is 3.03. The van der Waals surface area contributed by atoms with Gasteiger partial charge < -0.3 is 4.74 Å². The Labute approximate surface area is 83.7 Å². The average molecular weight is 191 g/mol. The van der Waals surface area contributed by atoms with Gasteiger partial charge in [-0.1, -0.05) is 6.08 Å². The van der Waals surface area contributed by atoms with Crippen LogP contribution < -0.4 is 0 Å². The number of amides is 1. The Hall–Kier alpha value is -1.43. The number of carbonyl (C=O) groups excluding carboxylic acids is 1. The number of nitrogens with zero attached hydrogens (tertiary/aromatic N) is 1. The van der Waals surface area contributed by atoms with Gasteiger partial charge in [0.2, 0.25) is 0 Å². The molecule has 0 unspecified atom stereocenters. The lowest BCUT2D eigenvalue weighted by molar-refractivity contribution is 0.167. The fraction of sp³-hybridized carbons (Fsp3) is 0.545. The van der Waals surface area contributed by atoms with Crippen molar-refractivity contribution in [3.63, 3.8) is 0 Å². The smallest absolute Gasteiger partial charge is 0.421 e. The third kappa shape index (κ3) is 2.08. The average Bonchev–Trinajstić information content (AvgIpc) is 2.63. The number of carbonyl (C=O) groups is 1. The van der Waals surface area contributed by atoms with E-state index in [1.165, 1.54) is 17.7 Å². The van der Waals surface area contributed by atoms with Crippen molar-refractivity contribution in [2.24, 2.45) is 0 Å². The second-order valence-electron chi connectivity index (χ2n) is 3.48. The van der Waals surface area contributed by atoms with Crippen molar-refractivity contribution in [2.45, 2.75) is 25.7 Å². The lowest BCUT2D eigenvalue weighted by Gasteiger charge is -2.06. The topological polar surface area (TPSA) is 29.5 Å². The summed E-state index contributed by atoms with van der Waals surface area (Å²) in [5.41, 5.74) is 1.16. The summed E-state index contributed by atoms with van der Waals surface area (Å²) in [5, 5.41) is 0. The molecule has 74 valence electrons. The summed E-state index contributed by atoms with van der Waals surface area (Å²) in [4.78, 5) is 12.5. The largest absolute Gasteiger partial charge is 0.447 e. The first-order valence-electron chi connectivity index (χ1n) is 5.01. The first-order valence-corrected chi connectivity index (χ1v) is 5.01. The molecule has 1 amide bonds. The van der Waals surface area contributed by atoms with E-state index in [1.54, 1.807) is 0 Å². The number of allylic oxidation sites excluding steroid dienone is 2. The second kappa shape index (κ2) is 4.19. The maximum Gasteiger partial charge on any atom is 0.421 e. The van der Waals surface area contributed by atoms with Crippen LogP contribution in [0, 0.1) is 12.0 Å². The minimum Gasteiger partial charge on any atom is -0.447 e. The molecule has 1 heterocycles. The van der Waals surface area contributed by atoms with Gasteiger partial charge >= 0.3 is 6.09 Å². The van der Waals surface area contributed by atoms with Crippen LogP contribution in [-0.4, -0.2) is 24.1 Å². The van der Waals surface area contributed by atoms with Crippen molar-refractivity contribution in [1.82, 2.24) is 4.90 Å². The van der Waals surface area contributed by atoms with E-state index < -0.39 is 0 Å². The molecule has 3 nitrogen and oxygen atoms in total. The molecule has 0 aromatic rings. The molecule has 2 aliphatic rings. The third-order valence-electron chi connectivity index (χ3n) is 2.40. The SMILES string of the molecule is O=C1OCCN1C#CC1=CCCCC1. The minimum atomic E-state index is -0.311. The van der Waals surface area contributed by atoms with E-state index in [0.29, 0.717) is 13.2 Å². The predicted molar refractivity (Wildman–Crippen MR) is 52.4 cm³/mol. The molecule has 1 saturated heterocycles. The highest BCUT2D eigenvalue weighted by molar-refractivity contribution is 5.71. The number of rotatable bonds is 0. The number of cyclic esters (lactones) is 1. The van der Waals surface area contributed by atoms with Crippen molar-refractivity contribution in [3.05, 3.63) is 11.6 Å². The number of ether oxygens (including phenoxy) is 1. The molecule has 1 fully saturated rings. The zero-order chi connectivity index (χ0) is 9.80. The molecule has 2 rings (SSSR count). The zero-order valence-electron chi connectivity index (χ0n) is 8.08. The Bertz CT molecular complexity index is 322. The third-order valence-corrected chi connectivity index (χ3v) is 2.40. The van der Waals surface area contributed by atoms with Crippen molar-refractivity contribution >= 4 is 6.09 Å². The van der Waals surface area contributed by atoms with E-state index >= 15 is 0 Å². The molecule has 0 saturated carbocycles. The van der Waals surface area contributed by atoms with Gasteiger partial charge in [0.15, 0.2) is 0 Å². The zero-order valence-corrected chi connectivity index (χ0v) is 8.08. The molecule has 0 spiro atoms. The summed E-state index contributed by atoms with van der Waals surface area (Å²) >= 11 is 0. The van der Waals surface area contributed by atoms with Crippen molar-refractivity contribution in [3.8, 4) is 12.0 Å². The van der Waals surface area contributed by atoms with Crippen LogP contribution >= 0.6 is 0 Å². The first kappa shape index (κ1) is 9.14. The van der Waals surface area contributed by atoms with E-state index in [2.05, 4.69) is 18.0 Å². The molecule has 1 aliphatic carbocycles. The normalized spacial score (nSPS) is 21.0. The molecule has 0 radical (unpaired) electrons. The molecule has 0 bridgehead atoms. The summed E-state index contributed by atoms with van der Waals surface area (Å²) in [7, 11) is 0. The monoisotopic (exact) mass is 191 g/mol. The predicted octanol–water partition coefficient (Wildman–Crippen LogP) is 1.90. The Morgan fingerprint density at radius 3 is 3.00 bits per heavy atom. The highest BCUT2D eigenvalue weighted by Gasteiger charge is 2.19. The fourth-order valence-corrected chi connectivity index (χ4v) is 1.59. The van der Waals surface area contributed by atoms with Crippen LogP contribution in [0.1, 0.15) is 25.7 Å². The van der Waals surface area contributed by atoms with Crippen LogP contribution in [0.15, 0.2) is 11.6 Å². The van der Waals surface area contributed by atoms with Gasteiger partial charge in [-0.15, -0.1) is 0 Å². The Morgan fingerprint density at radius 1 is 1.43 bits per heavy atom. The number of hydrogen-bond donors (Lipinski definition) is 0. The van der Waals surface area contributed by atoms with Gasteiger partial charge in [-0.2, -0.15) is 0 Å². The first-order chi connectivity index (χ1) is 6.86. The van der Waals surface area contributed by atoms with Crippen LogP contribution in [0.3, 0.4) is 0 Å². The molecule has 0 N–H and O–H groups in total. The van der Waals surface area contributed by atoms with E-state index in [0.717, 1.165) is 18.4 Å². The molecule has 0 aromatic carbocycles. The molecule has 3 heteroatoms. The molecule has 14 heavy (non-hydrogen) atoms. The highest BCUT2D eigenvalue weighted by atomic mass is 16.6. The van der Waals surface area contributed by atoms with Gasteiger partial charge in [-0.3, -0.25) is 0 Å². The standard InChI is InChI=1S/C11H13NO2/c13-11-12(8-9-14-11)7-6-10-4-2-1-3-5-10/h4H,1-3,5,8-9H2. The minimum absolute atomic E-state index is 0.311. The summed E-state index contributed by atoms with van der Waals surface area (Å²) in [6.45, 7) is 1.06. The van der Waals surface area contributed by atoms with Crippen molar-refractivity contribution < 1.29 is 9.53 Å². The molecule has 0 atom stereocenters. The maximum atomic E-state index is 11.0. The van der Waals surface area contributed by atoms with Gasteiger partial charge in [0.05, 0.1) is 6.54 Å². The highest BCUT2D eigenvalue weighted by Crippen LogP contribution is 2.16. The van der Waals surface area contributed by atoms with Gasteiger partial charge in [0.25, 0.3) is 0 Å². The van der Waals surface area contributed by atoms with Crippen LogP contribution in [0.5, 0.6) is 0 Å². The number of hydrogen-bond acceptors (Lipinski definition) is 2.